The fourth-order valence-electron chi connectivity index (χ4n) is 7.16. The lowest BCUT2D eigenvalue weighted by atomic mass is 10.0. The standard InChI is InChI=1S/C36H56N8O5/c1-4-29-35(38-26-14-23-49-24-15-26)41-36(33(40-29)34(37)46)39-27-10-11-30(31(25-27)47-2)44-17-12-28(13-18-44)43-21-19-42(20-22-43)16-8-6-5-7-9-32(45)48-3/h10-11,25-26,28H,4-9,12-24H2,1-3H3,(H2,37,46)(H2,38,39,41). The summed E-state index contributed by atoms with van der Waals surface area (Å²) in [5, 5.41) is 6.82. The topological polar surface area (TPSA) is 147 Å². The SMILES string of the molecule is CCc1nc(C(N)=O)c(Nc2ccc(N3CCC(N4CCN(CCCCCCC(=O)OC)CC4)CC3)c(OC)c2)nc1NC1CCOCC1. The van der Waals surface area contributed by atoms with Crippen LogP contribution in [-0.2, 0) is 20.7 Å². The Morgan fingerprint density at radius 1 is 0.939 bits per heavy atom. The van der Waals surface area contributed by atoms with Gasteiger partial charge in [-0.3, -0.25) is 14.5 Å². The van der Waals surface area contributed by atoms with Crippen LogP contribution in [0, 0.1) is 0 Å². The second-order valence-corrected chi connectivity index (χ2v) is 13.3. The summed E-state index contributed by atoms with van der Waals surface area (Å²) in [7, 11) is 3.15. The van der Waals surface area contributed by atoms with E-state index in [9.17, 15) is 9.59 Å². The predicted molar refractivity (Wildman–Crippen MR) is 192 cm³/mol. The van der Waals surface area contributed by atoms with Crippen LogP contribution in [0.1, 0.15) is 80.9 Å². The van der Waals surface area contributed by atoms with E-state index in [1.165, 1.54) is 20.0 Å². The number of piperidine rings is 1. The van der Waals surface area contributed by atoms with Gasteiger partial charge in [0.1, 0.15) is 5.75 Å². The Labute approximate surface area is 291 Å². The molecule has 3 aliphatic rings. The maximum atomic E-state index is 12.4. The summed E-state index contributed by atoms with van der Waals surface area (Å²) in [5.74, 6) is 1.02. The molecule has 270 valence electrons. The summed E-state index contributed by atoms with van der Waals surface area (Å²) in [6.07, 6.45) is 9.53. The van der Waals surface area contributed by atoms with Gasteiger partial charge in [0.25, 0.3) is 5.91 Å². The molecule has 49 heavy (non-hydrogen) atoms. The van der Waals surface area contributed by atoms with Crippen molar-refractivity contribution in [1.29, 1.82) is 0 Å². The average molecular weight is 681 g/mol. The van der Waals surface area contributed by atoms with Gasteiger partial charge in [-0.25, -0.2) is 9.97 Å². The maximum Gasteiger partial charge on any atom is 0.305 e. The van der Waals surface area contributed by atoms with Crippen molar-refractivity contribution in [3.63, 3.8) is 0 Å². The minimum atomic E-state index is -0.626. The number of ether oxygens (including phenoxy) is 3. The number of carbonyl (C=O) groups excluding carboxylic acids is 2. The molecule has 3 aliphatic heterocycles. The van der Waals surface area contributed by atoms with E-state index in [0.29, 0.717) is 49.4 Å². The van der Waals surface area contributed by atoms with Crippen molar-refractivity contribution in [1.82, 2.24) is 19.8 Å². The third-order valence-corrected chi connectivity index (χ3v) is 10.1. The summed E-state index contributed by atoms with van der Waals surface area (Å²) in [5.41, 5.74) is 8.39. The van der Waals surface area contributed by atoms with Crippen molar-refractivity contribution in [2.24, 2.45) is 5.73 Å². The van der Waals surface area contributed by atoms with Gasteiger partial charge in [-0.2, -0.15) is 0 Å². The number of carbonyl (C=O) groups is 2. The third-order valence-electron chi connectivity index (χ3n) is 10.1. The van der Waals surface area contributed by atoms with Gasteiger partial charge in [0.2, 0.25) is 0 Å². The molecule has 4 N–H and O–H groups in total. The number of nitrogens with zero attached hydrogens (tertiary/aromatic N) is 5. The van der Waals surface area contributed by atoms with Crippen LogP contribution in [0.15, 0.2) is 18.2 Å². The minimum absolute atomic E-state index is 0.106. The van der Waals surface area contributed by atoms with E-state index in [1.54, 1.807) is 7.11 Å². The van der Waals surface area contributed by atoms with E-state index in [2.05, 4.69) is 36.4 Å². The molecule has 2 aromatic rings. The predicted octanol–water partition coefficient (Wildman–Crippen LogP) is 4.19. The number of unbranched alkanes of at least 4 members (excludes halogenated alkanes) is 3. The van der Waals surface area contributed by atoms with Crippen molar-refractivity contribution < 1.29 is 23.8 Å². The van der Waals surface area contributed by atoms with Crippen molar-refractivity contribution >= 4 is 34.9 Å². The number of hydrogen-bond donors (Lipinski definition) is 3. The first kappa shape index (κ1) is 36.6. The summed E-state index contributed by atoms with van der Waals surface area (Å²) < 4.78 is 16.1. The molecule has 3 saturated heterocycles. The number of benzene rings is 1. The largest absolute Gasteiger partial charge is 0.495 e. The molecule has 5 rings (SSSR count). The van der Waals surface area contributed by atoms with Crippen LogP contribution in [0.25, 0.3) is 0 Å². The number of anilines is 4. The molecule has 4 heterocycles. The number of aromatic nitrogens is 2. The van der Waals surface area contributed by atoms with Gasteiger partial charge < -0.3 is 40.4 Å². The molecule has 13 nitrogen and oxygen atoms in total. The molecule has 13 heteroatoms. The number of rotatable bonds is 16. The molecule has 0 atom stereocenters. The number of piperazine rings is 1. The highest BCUT2D eigenvalue weighted by Gasteiger charge is 2.29. The Bertz CT molecular complexity index is 1370. The molecule has 1 aromatic carbocycles. The first-order valence-electron chi connectivity index (χ1n) is 18.2. The number of aryl methyl sites for hydroxylation is 1. The zero-order valence-electron chi connectivity index (χ0n) is 29.7. The second-order valence-electron chi connectivity index (χ2n) is 13.3. The van der Waals surface area contributed by atoms with Gasteiger partial charge in [0.15, 0.2) is 17.3 Å². The molecule has 0 radical (unpaired) electrons. The minimum Gasteiger partial charge on any atom is -0.495 e. The van der Waals surface area contributed by atoms with Gasteiger partial charge >= 0.3 is 5.97 Å². The van der Waals surface area contributed by atoms with E-state index in [0.717, 1.165) is 101 Å². The van der Waals surface area contributed by atoms with Crippen LogP contribution in [0.4, 0.5) is 23.0 Å². The molecular weight excluding hydrogens is 624 g/mol. The first-order chi connectivity index (χ1) is 23.9. The lowest BCUT2D eigenvalue weighted by Gasteiger charge is -2.43. The summed E-state index contributed by atoms with van der Waals surface area (Å²) >= 11 is 0. The average Bonchev–Trinajstić information content (AvgIpc) is 3.13. The maximum absolute atomic E-state index is 12.4. The number of esters is 1. The molecule has 1 aromatic heterocycles. The van der Waals surface area contributed by atoms with E-state index in [-0.39, 0.29) is 17.7 Å². The lowest BCUT2D eigenvalue weighted by molar-refractivity contribution is -0.140. The number of nitrogens with two attached hydrogens (primary N) is 1. The molecule has 1 amide bonds. The number of amides is 1. The van der Waals surface area contributed by atoms with Crippen molar-refractivity contribution in [3.8, 4) is 5.75 Å². The second kappa shape index (κ2) is 18.4. The van der Waals surface area contributed by atoms with Gasteiger partial charge in [0, 0.05) is 82.7 Å². The highest BCUT2D eigenvalue weighted by molar-refractivity contribution is 5.96. The number of nitrogens with one attached hydrogen (secondary N) is 2. The lowest BCUT2D eigenvalue weighted by Crippen LogP contribution is -2.53. The molecule has 0 unspecified atom stereocenters. The normalized spacial score (nSPS) is 18.3. The van der Waals surface area contributed by atoms with Crippen LogP contribution in [-0.4, -0.2) is 117 Å². The Morgan fingerprint density at radius 3 is 2.35 bits per heavy atom. The number of methoxy groups -OCH3 is 2. The molecular formula is C36H56N8O5. The van der Waals surface area contributed by atoms with Crippen LogP contribution in [0.3, 0.4) is 0 Å². The van der Waals surface area contributed by atoms with Gasteiger partial charge in [-0.05, 0) is 63.6 Å². The number of hydrogen-bond acceptors (Lipinski definition) is 12. The van der Waals surface area contributed by atoms with Crippen molar-refractivity contribution in [3.05, 3.63) is 29.6 Å². The van der Waals surface area contributed by atoms with Crippen molar-refractivity contribution in [2.75, 3.05) is 88.8 Å². The van der Waals surface area contributed by atoms with Gasteiger partial charge in [-0.1, -0.05) is 19.8 Å². The monoisotopic (exact) mass is 680 g/mol. The summed E-state index contributed by atoms with van der Waals surface area (Å²) in [6.45, 7) is 11.0. The van der Waals surface area contributed by atoms with E-state index in [1.807, 2.05) is 19.1 Å². The summed E-state index contributed by atoms with van der Waals surface area (Å²) in [4.78, 5) is 40.8. The smallest absolute Gasteiger partial charge is 0.305 e. The third kappa shape index (κ3) is 10.2. The first-order valence-corrected chi connectivity index (χ1v) is 18.2. The Morgan fingerprint density at radius 2 is 1.67 bits per heavy atom. The zero-order valence-corrected chi connectivity index (χ0v) is 29.7. The van der Waals surface area contributed by atoms with E-state index < -0.39 is 5.91 Å². The Hall–Kier alpha value is -3.68. The molecule has 0 bridgehead atoms. The molecule has 0 aliphatic carbocycles. The zero-order chi connectivity index (χ0) is 34.6. The van der Waals surface area contributed by atoms with Crippen molar-refractivity contribution in [2.45, 2.75) is 83.2 Å². The Kier molecular flexibility index (Phi) is 13.7. The van der Waals surface area contributed by atoms with Gasteiger partial charge in [0.05, 0.1) is 25.6 Å². The van der Waals surface area contributed by atoms with Crippen LogP contribution in [0.2, 0.25) is 0 Å². The quantitative estimate of drug-likeness (QED) is 0.173. The van der Waals surface area contributed by atoms with Crippen LogP contribution >= 0.6 is 0 Å². The highest BCUT2D eigenvalue weighted by atomic mass is 16.5. The van der Waals surface area contributed by atoms with Crippen LogP contribution in [0.5, 0.6) is 5.75 Å². The molecule has 0 spiro atoms. The number of primary amides is 1. The fraction of sp³-hybridized carbons (Fsp3) is 0.667. The fourth-order valence-corrected chi connectivity index (χ4v) is 7.16. The summed E-state index contributed by atoms with van der Waals surface area (Å²) in [6, 6.07) is 6.86. The van der Waals surface area contributed by atoms with E-state index >= 15 is 0 Å². The van der Waals surface area contributed by atoms with Gasteiger partial charge in [-0.15, -0.1) is 0 Å². The van der Waals surface area contributed by atoms with E-state index in [4.69, 9.17) is 24.9 Å². The Balaban J connectivity index is 1.13. The molecule has 3 fully saturated rings. The van der Waals surface area contributed by atoms with Crippen LogP contribution < -0.4 is 26.0 Å². The highest BCUT2D eigenvalue weighted by Crippen LogP contribution is 2.35. The molecule has 0 saturated carbocycles.